The van der Waals surface area contributed by atoms with E-state index in [2.05, 4.69) is 31.4 Å². The average molecular weight is 120 g/mol. The maximum atomic E-state index is 3.04. The van der Waals surface area contributed by atoms with Gasteiger partial charge in [-0.2, -0.15) is 6.92 Å². The minimum atomic E-state index is -0.893. The summed E-state index contributed by atoms with van der Waals surface area (Å²) in [5.74, 6) is 0. The zero-order valence-electron chi connectivity index (χ0n) is 6.58. The van der Waals surface area contributed by atoms with E-state index >= 15 is 0 Å². The van der Waals surface area contributed by atoms with Gasteiger partial charge in [-0.3, -0.25) is 5.70 Å². The summed E-state index contributed by atoms with van der Waals surface area (Å²) in [4.78, 5) is 0. The van der Waals surface area contributed by atoms with Gasteiger partial charge in [0.15, 0.2) is 0 Å². The minimum Gasteiger partial charge on any atom is -0.508 e. The Morgan fingerprint density at radius 3 is 1.62 bits per heavy atom. The molecule has 0 aliphatic rings. The van der Waals surface area contributed by atoms with Crippen LogP contribution in [0.3, 0.4) is 0 Å². The fraction of sp³-hybridized carbons (Fsp3) is 0.667. The first-order valence-corrected chi connectivity index (χ1v) is 6.15. The second-order valence-electron chi connectivity index (χ2n) is 2.80. The number of hydrogen-bond acceptors (Lipinski definition) is 0. The van der Waals surface area contributed by atoms with E-state index in [-0.39, 0.29) is 18.9 Å². The smallest absolute Gasteiger partial charge is 0.508 e. The van der Waals surface area contributed by atoms with Crippen LogP contribution in [0.1, 0.15) is 6.92 Å². The van der Waals surface area contributed by atoms with E-state index in [9.17, 15) is 0 Å². The van der Waals surface area contributed by atoms with Crippen LogP contribution in [0.25, 0.3) is 0 Å². The van der Waals surface area contributed by atoms with Crippen LogP contribution in [-0.4, -0.2) is 8.07 Å². The Morgan fingerprint density at radius 1 is 1.25 bits per heavy atom. The summed E-state index contributed by atoms with van der Waals surface area (Å²) in [5.41, 5.74) is 2.20. The van der Waals surface area contributed by atoms with Crippen molar-refractivity contribution >= 4 is 8.07 Å². The first kappa shape index (κ1) is 11.4. The van der Waals surface area contributed by atoms with Crippen molar-refractivity contribution in [3.8, 4) is 0 Å². The van der Waals surface area contributed by atoms with Crippen molar-refractivity contribution < 1.29 is 18.9 Å². The second kappa shape index (κ2) is 4.43. The van der Waals surface area contributed by atoms with E-state index in [1.165, 1.54) is 0 Å². The first-order valence-electron chi connectivity index (χ1n) is 2.58. The van der Waals surface area contributed by atoms with Crippen LogP contribution in [0.15, 0.2) is 5.70 Å². The van der Waals surface area contributed by atoms with E-state index in [0.717, 1.165) is 0 Å². The Hall–Kier alpha value is 0.554. The van der Waals surface area contributed by atoms with Crippen molar-refractivity contribution in [3.05, 3.63) is 11.8 Å². The van der Waals surface area contributed by atoms with Crippen LogP contribution >= 0.6 is 0 Å². The Kier molecular flexibility index (Phi) is 6.30. The quantitative estimate of drug-likeness (QED) is 0.315. The normalized spacial score (nSPS) is 11.5. The number of rotatable bonds is 1. The van der Waals surface area contributed by atoms with Gasteiger partial charge in [0, 0.05) is 8.07 Å². The molecule has 0 fully saturated rings. The molecule has 0 nitrogen and oxygen atoms in total. The van der Waals surface area contributed by atoms with Crippen LogP contribution in [0.2, 0.25) is 19.6 Å². The molecule has 8 heavy (non-hydrogen) atoms. The summed E-state index contributed by atoms with van der Waals surface area (Å²) >= 11 is 0. The van der Waals surface area contributed by atoms with E-state index in [1.807, 2.05) is 6.92 Å². The Bertz CT molecular complexity index is 71.1. The number of hydrogen-bond donors (Lipinski definition) is 0. The van der Waals surface area contributed by atoms with Crippen LogP contribution < -0.4 is 18.9 Å². The van der Waals surface area contributed by atoms with Gasteiger partial charge in [-0.25, -0.2) is 0 Å². The molecule has 0 aromatic rings. The molecule has 0 aliphatic carbocycles. The van der Waals surface area contributed by atoms with Crippen molar-refractivity contribution in [1.82, 2.24) is 0 Å². The molecular formula is C6H13LiSi. The summed E-state index contributed by atoms with van der Waals surface area (Å²) in [6.45, 7) is 8.84. The largest absolute Gasteiger partial charge is 1.00 e. The third-order valence-corrected chi connectivity index (χ3v) is 1.73. The summed E-state index contributed by atoms with van der Waals surface area (Å²) in [7, 11) is -0.893. The summed E-state index contributed by atoms with van der Waals surface area (Å²) in [6, 6.07) is 0. The maximum Gasteiger partial charge on any atom is 1.00 e. The van der Waals surface area contributed by atoms with E-state index < -0.39 is 8.07 Å². The minimum absolute atomic E-state index is 0. The summed E-state index contributed by atoms with van der Waals surface area (Å²) in [5, 5.41) is 0. The second-order valence-corrected chi connectivity index (χ2v) is 7.82. The van der Waals surface area contributed by atoms with Crippen molar-refractivity contribution in [2.75, 3.05) is 0 Å². The Morgan fingerprint density at radius 2 is 1.62 bits per heavy atom. The summed E-state index contributed by atoms with van der Waals surface area (Å²) < 4.78 is 0. The predicted molar refractivity (Wildman–Crippen MR) is 36.8 cm³/mol. The van der Waals surface area contributed by atoms with Crippen LogP contribution in [0.4, 0.5) is 0 Å². The van der Waals surface area contributed by atoms with Crippen molar-refractivity contribution in [2.45, 2.75) is 26.6 Å². The van der Waals surface area contributed by atoms with Gasteiger partial charge in [-0.1, -0.05) is 19.6 Å². The van der Waals surface area contributed by atoms with E-state index in [4.69, 9.17) is 0 Å². The van der Waals surface area contributed by atoms with Gasteiger partial charge >= 0.3 is 18.9 Å². The molecule has 0 bridgehead atoms. The molecule has 0 aromatic carbocycles. The molecule has 0 aromatic heterocycles. The molecule has 0 heterocycles. The maximum absolute atomic E-state index is 3.04. The topological polar surface area (TPSA) is 0 Å². The zero-order valence-corrected chi connectivity index (χ0v) is 7.58. The van der Waals surface area contributed by atoms with Crippen LogP contribution in [0, 0.1) is 6.08 Å². The molecule has 0 atom stereocenters. The zero-order chi connectivity index (χ0) is 5.91. The first-order chi connectivity index (χ1) is 3.06. The third kappa shape index (κ3) is 9.75. The molecule has 42 valence electrons. The molecule has 0 unspecified atom stereocenters. The van der Waals surface area contributed by atoms with Gasteiger partial charge in [0.25, 0.3) is 0 Å². The van der Waals surface area contributed by atoms with Gasteiger partial charge in [-0.15, -0.1) is 0 Å². The molecule has 2 heteroatoms. The van der Waals surface area contributed by atoms with Crippen molar-refractivity contribution in [1.29, 1.82) is 0 Å². The molecule has 0 saturated heterocycles. The Labute approximate surface area is 65.6 Å². The Balaban J connectivity index is 0. The average Bonchev–Trinajstić information content (AvgIpc) is 1.30. The van der Waals surface area contributed by atoms with Gasteiger partial charge < -0.3 is 6.08 Å². The molecule has 0 N–H and O–H groups in total. The fourth-order valence-electron chi connectivity index (χ4n) is 0.433. The van der Waals surface area contributed by atoms with E-state index in [0.29, 0.717) is 0 Å². The van der Waals surface area contributed by atoms with Crippen molar-refractivity contribution in [2.24, 2.45) is 0 Å². The standard InChI is InChI=1S/C6H13Si.Li/c1-5-6-7(2,3)4;/h6H,1-4H3;/q-1;+1. The third-order valence-electron chi connectivity index (χ3n) is 0.577. The van der Waals surface area contributed by atoms with Gasteiger partial charge in [0.1, 0.15) is 0 Å². The molecular weight excluding hydrogens is 107 g/mol. The summed E-state index contributed by atoms with van der Waals surface area (Å²) in [6.07, 6.45) is 3.04. The molecule has 0 aliphatic heterocycles. The van der Waals surface area contributed by atoms with E-state index in [1.54, 1.807) is 0 Å². The van der Waals surface area contributed by atoms with Gasteiger partial charge in [-0.05, 0) is 0 Å². The van der Waals surface area contributed by atoms with Crippen molar-refractivity contribution in [3.63, 3.8) is 0 Å². The molecule has 0 radical (unpaired) electrons. The fourth-order valence-corrected chi connectivity index (χ4v) is 1.30. The predicted octanol–water partition coefficient (Wildman–Crippen LogP) is -0.753. The molecule has 0 spiro atoms. The monoisotopic (exact) mass is 120 g/mol. The molecule has 0 rings (SSSR count). The van der Waals surface area contributed by atoms with Crippen LogP contribution in [0.5, 0.6) is 0 Å². The molecule has 0 saturated carbocycles. The number of allylic oxidation sites excluding steroid dienone is 1. The SMILES string of the molecule is C[C-]=C[Si](C)(C)C.[Li+]. The molecule has 0 amide bonds. The van der Waals surface area contributed by atoms with Gasteiger partial charge in [0.05, 0.1) is 0 Å². The van der Waals surface area contributed by atoms with Crippen LogP contribution in [-0.2, 0) is 0 Å². The van der Waals surface area contributed by atoms with Gasteiger partial charge in [0.2, 0.25) is 0 Å².